The third-order valence-corrected chi connectivity index (χ3v) is 8.18. The summed E-state index contributed by atoms with van der Waals surface area (Å²) < 4.78 is 11.1. The first kappa shape index (κ1) is 29.4. The van der Waals surface area contributed by atoms with Crippen LogP contribution in [0, 0.1) is 0 Å². The van der Waals surface area contributed by atoms with Crippen LogP contribution < -0.4 is 20.3 Å². The minimum Gasteiger partial charge on any atom is -0.497 e. The molecule has 1 aromatic heterocycles. The number of benzene rings is 4. The number of hydrogen-bond acceptors (Lipinski definition) is 7. The molecule has 0 spiro atoms. The van der Waals surface area contributed by atoms with Crippen LogP contribution in [0.1, 0.15) is 17.0 Å². The highest BCUT2D eigenvalue weighted by molar-refractivity contribution is 7.14. The normalized spacial score (nSPS) is 11.7. The zero-order chi connectivity index (χ0) is 31.3. The lowest BCUT2D eigenvalue weighted by Crippen LogP contribution is -2.39. The number of carbonyl (C=O) groups is 3. The summed E-state index contributed by atoms with van der Waals surface area (Å²) in [4.78, 5) is 43.2. The summed E-state index contributed by atoms with van der Waals surface area (Å²) in [6.45, 7) is -0.177. The molecule has 226 valence electrons. The smallest absolute Gasteiger partial charge is 0.414 e. The van der Waals surface area contributed by atoms with Crippen molar-refractivity contribution in [1.82, 2.24) is 4.98 Å². The lowest BCUT2D eigenvalue weighted by atomic mass is 9.98. The molecule has 45 heavy (non-hydrogen) atoms. The van der Waals surface area contributed by atoms with Gasteiger partial charge in [-0.05, 0) is 58.7 Å². The predicted molar refractivity (Wildman–Crippen MR) is 173 cm³/mol. The van der Waals surface area contributed by atoms with Gasteiger partial charge in [0.1, 0.15) is 18.9 Å². The third-order valence-electron chi connectivity index (χ3n) is 7.42. The topological polar surface area (TPSA) is 130 Å². The van der Waals surface area contributed by atoms with E-state index in [2.05, 4.69) is 27.8 Å². The number of hydrogen-bond donors (Lipinski definition) is 3. The zero-order valence-corrected chi connectivity index (χ0v) is 24.9. The molecule has 1 aliphatic carbocycles. The van der Waals surface area contributed by atoms with E-state index in [9.17, 15) is 14.4 Å². The molecule has 0 bridgehead atoms. The SMILES string of the molecule is COc1ccc(N(CC(=O)Nc2ccc(-c3csc(NC(=O)O)n3)cc2)C(=O)OCC2c3ccccc3-c3ccccc32)cc1. The number of carbonyl (C=O) groups excluding carboxylic acids is 2. The standard InChI is InChI=1S/C34H28N4O6S/c1-43-24-16-14-23(15-17-24)38(34(42)44-19-29-27-8-4-2-6-25(27)26-7-3-5-9-28(26)29)18-31(39)35-22-12-10-21(11-13-22)30-20-45-32(36-30)37-33(40)41/h2-17,20,29H,18-19H2,1H3,(H,35,39)(H,36,37)(H,40,41). The summed E-state index contributed by atoms with van der Waals surface area (Å²) in [5.41, 5.74) is 6.78. The van der Waals surface area contributed by atoms with E-state index in [-0.39, 0.29) is 24.2 Å². The molecule has 0 fully saturated rings. The van der Waals surface area contributed by atoms with Gasteiger partial charge in [-0.1, -0.05) is 60.7 Å². The number of methoxy groups -OCH3 is 1. The number of rotatable bonds is 9. The Morgan fingerprint density at radius 1 is 0.867 bits per heavy atom. The average molecular weight is 621 g/mol. The van der Waals surface area contributed by atoms with E-state index >= 15 is 0 Å². The van der Waals surface area contributed by atoms with Crippen LogP contribution in [0.25, 0.3) is 22.4 Å². The van der Waals surface area contributed by atoms with Crippen LogP contribution in [0.15, 0.2) is 102 Å². The largest absolute Gasteiger partial charge is 0.497 e. The molecular formula is C34H28N4O6S. The van der Waals surface area contributed by atoms with Crippen molar-refractivity contribution < 1.29 is 29.0 Å². The van der Waals surface area contributed by atoms with Gasteiger partial charge in [0, 0.05) is 28.2 Å². The van der Waals surface area contributed by atoms with Crippen molar-refractivity contribution in [2.45, 2.75) is 5.92 Å². The second-order valence-electron chi connectivity index (χ2n) is 10.2. The molecule has 0 saturated heterocycles. The van der Waals surface area contributed by atoms with E-state index < -0.39 is 18.1 Å². The Balaban J connectivity index is 1.16. The molecule has 10 nitrogen and oxygen atoms in total. The molecule has 5 aromatic rings. The fraction of sp³-hybridized carbons (Fsp3) is 0.118. The molecule has 11 heteroatoms. The number of anilines is 3. The lowest BCUT2D eigenvalue weighted by Gasteiger charge is -2.23. The van der Waals surface area contributed by atoms with E-state index in [0.29, 0.717) is 22.8 Å². The highest BCUT2D eigenvalue weighted by Gasteiger charge is 2.30. The fourth-order valence-corrected chi connectivity index (χ4v) is 6.03. The van der Waals surface area contributed by atoms with Crippen LogP contribution in [-0.4, -0.2) is 48.4 Å². The summed E-state index contributed by atoms with van der Waals surface area (Å²) in [7, 11) is 1.55. The molecule has 0 atom stereocenters. The molecule has 3 amide bonds. The number of amides is 3. The maximum atomic E-state index is 13.6. The van der Waals surface area contributed by atoms with Gasteiger partial charge in [-0.25, -0.2) is 14.6 Å². The zero-order valence-electron chi connectivity index (χ0n) is 24.1. The summed E-state index contributed by atoms with van der Waals surface area (Å²) in [5, 5.41) is 16.0. The summed E-state index contributed by atoms with van der Waals surface area (Å²) in [6.07, 6.45) is -1.84. The molecule has 0 aliphatic heterocycles. The van der Waals surface area contributed by atoms with Gasteiger partial charge in [0.15, 0.2) is 5.13 Å². The lowest BCUT2D eigenvalue weighted by molar-refractivity contribution is -0.115. The van der Waals surface area contributed by atoms with E-state index in [0.717, 1.165) is 27.8 Å². The Morgan fingerprint density at radius 3 is 2.13 bits per heavy atom. The van der Waals surface area contributed by atoms with Crippen molar-refractivity contribution in [1.29, 1.82) is 0 Å². The predicted octanol–water partition coefficient (Wildman–Crippen LogP) is 7.30. The van der Waals surface area contributed by atoms with Gasteiger partial charge in [0.25, 0.3) is 0 Å². The van der Waals surface area contributed by atoms with Crippen molar-refractivity contribution in [3.05, 3.63) is 114 Å². The van der Waals surface area contributed by atoms with Gasteiger partial charge in [-0.2, -0.15) is 0 Å². The quantitative estimate of drug-likeness (QED) is 0.158. The molecule has 6 rings (SSSR count). The fourth-order valence-electron chi connectivity index (χ4n) is 5.32. The van der Waals surface area contributed by atoms with Crippen LogP contribution in [0.5, 0.6) is 5.75 Å². The van der Waals surface area contributed by atoms with Crippen molar-refractivity contribution in [3.8, 4) is 28.1 Å². The summed E-state index contributed by atoms with van der Waals surface area (Å²) in [5.74, 6) is 0.0653. The van der Waals surface area contributed by atoms with Crippen LogP contribution in [0.3, 0.4) is 0 Å². The number of carboxylic acid groups (broad SMARTS) is 1. The number of aromatic nitrogens is 1. The Labute approximate surface area is 262 Å². The highest BCUT2D eigenvalue weighted by atomic mass is 32.1. The van der Waals surface area contributed by atoms with Gasteiger partial charge in [-0.3, -0.25) is 15.0 Å². The molecule has 3 N–H and O–H groups in total. The first-order chi connectivity index (χ1) is 21.9. The Kier molecular flexibility index (Phi) is 8.43. The number of thiazole rings is 1. The average Bonchev–Trinajstić information content (AvgIpc) is 3.65. The number of nitrogens with zero attached hydrogens (tertiary/aromatic N) is 2. The minimum atomic E-state index is -1.18. The van der Waals surface area contributed by atoms with E-state index in [4.69, 9.17) is 14.6 Å². The molecule has 0 radical (unpaired) electrons. The van der Waals surface area contributed by atoms with Crippen LogP contribution in [-0.2, 0) is 9.53 Å². The van der Waals surface area contributed by atoms with Crippen molar-refractivity contribution in [3.63, 3.8) is 0 Å². The maximum absolute atomic E-state index is 13.6. The van der Waals surface area contributed by atoms with Gasteiger partial charge in [0.05, 0.1) is 12.8 Å². The van der Waals surface area contributed by atoms with Gasteiger partial charge < -0.3 is 19.9 Å². The molecule has 0 unspecified atom stereocenters. The minimum absolute atomic E-state index is 0.114. The number of ether oxygens (including phenoxy) is 2. The highest BCUT2D eigenvalue weighted by Crippen LogP contribution is 2.44. The monoisotopic (exact) mass is 620 g/mol. The van der Waals surface area contributed by atoms with E-state index in [1.165, 1.54) is 16.2 Å². The molecule has 1 heterocycles. The summed E-state index contributed by atoms with van der Waals surface area (Å²) in [6, 6.07) is 30.0. The second kappa shape index (κ2) is 12.9. The molecule has 4 aromatic carbocycles. The van der Waals surface area contributed by atoms with E-state index in [1.807, 2.05) is 36.4 Å². The van der Waals surface area contributed by atoms with Crippen molar-refractivity contribution >= 4 is 45.9 Å². The first-order valence-electron chi connectivity index (χ1n) is 14.0. The maximum Gasteiger partial charge on any atom is 0.414 e. The molecular weight excluding hydrogens is 592 g/mol. The molecule has 1 aliphatic rings. The van der Waals surface area contributed by atoms with Crippen molar-refractivity contribution in [2.75, 3.05) is 35.8 Å². The Morgan fingerprint density at radius 2 is 1.51 bits per heavy atom. The number of fused-ring (bicyclic) bond motifs is 3. The second-order valence-corrected chi connectivity index (χ2v) is 11.0. The van der Waals surface area contributed by atoms with Crippen LogP contribution in [0.4, 0.5) is 26.1 Å². The van der Waals surface area contributed by atoms with Gasteiger partial charge in [-0.15, -0.1) is 11.3 Å². The van der Waals surface area contributed by atoms with Crippen molar-refractivity contribution in [2.24, 2.45) is 0 Å². The first-order valence-corrected chi connectivity index (χ1v) is 14.9. The Hall–Kier alpha value is -5.68. The number of nitrogens with one attached hydrogen (secondary N) is 2. The van der Waals surface area contributed by atoms with Crippen LogP contribution >= 0.6 is 11.3 Å². The third kappa shape index (κ3) is 6.48. The molecule has 0 saturated carbocycles. The van der Waals surface area contributed by atoms with Gasteiger partial charge >= 0.3 is 12.2 Å². The summed E-state index contributed by atoms with van der Waals surface area (Å²) >= 11 is 1.17. The van der Waals surface area contributed by atoms with E-state index in [1.54, 1.807) is 61.0 Å². The Bertz CT molecular complexity index is 1810. The van der Waals surface area contributed by atoms with Gasteiger partial charge in [0.2, 0.25) is 5.91 Å². The van der Waals surface area contributed by atoms with Crippen LogP contribution in [0.2, 0.25) is 0 Å².